The maximum absolute atomic E-state index is 13.5. The van der Waals surface area contributed by atoms with E-state index >= 15 is 0 Å². The molecule has 10 heteroatoms. The van der Waals surface area contributed by atoms with Gasteiger partial charge in [0.25, 0.3) is 0 Å². The van der Waals surface area contributed by atoms with Gasteiger partial charge in [0, 0.05) is 12.4 Å². The van der Waals surface area contributed by atoms with Gasteiger partial charge < -0.3 is 0 Å². The van der Waals surface area contributed by atoms with E-state index in [1.165, 1.54) is 34.1 Å². The molecule has 0 saturated heterocycles. The van der Waals surface area contributed by atoms with Crippen LogP contribution in [-0.4, -0.2) is 26.5 Å². The molecule has 0 unspecified atom stereocenters. The average molecular weight is 428 g/mol. The highest BCUT2D eigenvalue weighted by Crippen LogP contribution is 2.33. The lowest BCUT2D eigenvalue weighted by molar-refractivity contribution is -0.505. The molecule has 5 rings (SSSR count). The molecule has 2 aromatic heterocycles. The molecule has 0 spiro atoms. The van der Waals surface area contributed by atoms with Crippen molar-refractivity contribution in [2.75, 3.05) is 7.05 Å². The second-order valence-corrected chi connectivity index (χ2v) is 7.97. The van der Waals surface area contributed by atoms with Gasteiger partial charge in [0.15, 0.2) is 0 Å². The van der Waals surface area contributed by atoms with Crippen LogP contribution in [0.25, 0.3) is 11.2 Å². The first-order valence-electron chi connectivity index (χ1n) is 9.98. The van der Waals surface area contributed by atoms with Crippen molar-refractivity contribution in [1.29, 1.82) is 0 Å². The van der Waals surface area contributed by atoms with Gasteiger partial charge in [-0.15, -0.1) is 4.68 Å². The SMILES string of the molecule is C[N+]1=C(c2cc(CC3CCC3)cc(-n3cc4c(C(F)(F)F)cccn4c3=O)c2)[N]N=N1. The Kier molecular flexibility index (Phi) is 4.45. The minimum absolute atomic E-state index is 0.189. The van der Waals surface area contributed by atoms with E-state index in [2.05, 4.69) is 15.9 Å². The number of halogens is 3. The highest BCUT2D eigenvalue weighted by atomic mass is 19.4. The van der Waals surface area contributed by atoms with Crippen LogP contribution in [0.2, 0.25) is 0 Å². The van der Waals surface area contributed by atoms with Crippen LogP contribution in [0.15, 0.2) is 58.0 Å². The van der Waals surface area contributed by atoms with E-state index in [0.717, 1.165) is 35.3 Å². The topological polar surface area (TPSA) is 68.2 Å². The molecule has 31 heavy (non-hydrogen) atoms. The van der Waals surface area contributed by atoms with Gasteiger partial charge in [0.05, 0.1) is 29.4 Å². The highest BCUT2D eigenvalue weighted by Gasteiger charge is 2.34. The number of rotatable bonds is 4. The fourth-order valence-corrected chi connectivity index (χ4v) is 4.10. The average Bonchev–Trinajstić information content (AvgIpc) is 3.27. The molecular weight excluding hydrogens is 409 g/mol. The normalized spacial score (nSPS) is 16.8. The minimum Gasteiger partial charge on any atom is -0.267 e. The van der Waals surface area contributed by atoms with Crippen LogP contribution in [0.5, 0.6) is 0 Å². The number of imidazole rings is 1. The maximum Gasteiger partial charge on any atom is 0.418 e. The Morgan fingerprint density at radius 2 is 2.03 bits per heavy atom. The van der Waals surface area contributed by atoms with Gasteiger partial charge >= 0.3 is 17.7 Å². The third-order valence-corrected chi connectivity index (χ3v) is 5.89. The zero-order valence-electron chi connectivity index (χ0n) is 16.7. The molecule has 159 valence electrons. The van der Waals surface area contributed by atoms with Crippen LogP contribution in [0, 0.1) is 5.92 Å². The third kappa shape index (κ3) is 3.41. The van der Waals surface area contributed by atoms with Crippen molar-refractivity contribution in [3.05, 3.63) is 69.9 Å². The van der Waals surface area contributed by atoms with E-state index in [1.807, 2.05) is 12.1 Å². The molecule has 1 aromatic carbocycles. The third-order valence-electron chi connectivity index (χ3n) is 5.89. The molecule has 1 fully saturated rings. The molecule has 2 aliphatic rings. The standard InChI is InChI=1S/C21H19F3N6O/c1-28-19(25-26-27-28)15-9-14(8-13-4-2-5-13)10-16(11-15)30-12-18-17(21(22,23)24)6-3-7-29(18)20(30)31/h3,6-7,9-13H,2,4-5,8H2,1H3/q+1. The number of fused-ring (bicyclic) bond motifs is 1. The molecular formula is C21H19F3N6O+. The van der Waals surface area contributed by atoms with Crippen molar-refractivity contribution in [2.24, 2.45) is 16.4 Å². The fraction of sp³-hybridized carbons (Fsp3) is 0.333. The Hall–Kier alpha value is -3.43. The second-order valence-electron chi connectivity index (χ2n) is 7.97. The van der Waals surface area contributed by atoms with Crippen molar-refractivity contribution in [3.63, 3.8) is 0 Å². The lowest BCUT2D eigenvalue weighted by Gasteiger charge is -2.25. The molecule has 1 aliphatic carbocycles. The summed E-state index contributed by atoms with van der Waals surface area (Å²) in [7, 11) is 1.71. The van der Waals surface area contributed by atoms with Crippen molar-refractivity contribution >= 4 is 11.4 Å². The molecule has 0 amide bonds. The lowest BCUT2D eigenvalue weighted by Crippen LogP contribution is -2.21. The number of nitrogens with zero attached hydrogens (tertiary/aromatic N) is 6. The molecule has 3 aromatic rings. The second kappa shape index (κ2) is 7.07. The van der Waals surface area contributed by atoms with E-state index in [4.69, 9.17) is 0 Å². The van der Waals surface area contributed by atoms with Crippen LogP contribution in [0.4, 0.5) is 13.2 Å². The Morgan fingerprint density at radius 1 is 1.23 bits per heavy atom. The van der Waals surface area contributed by atoms with Crippen molar-refractivity contribution in [1.82, 2.24) is 14.4 Å². The summed E-state index contributed by atoms with van der Waals surface area (Å²) in [5.41, 5.74) is 4.63. The van der Waals surface area contributed by atoms with Gasteiger partial charge in [0.1, 0.15) is 10.6 Å². The van der Waals surface area contributed by atoms with Gasteiger partial charge in [-0.1, -0.05) is 19.3 Å². The molecule has 1 aliphatic heterocycles. The molecule has 1 saturated carbocycles. The largest absolute Gasteiger partial charge is 0.418 e. The Bertz CT molecular complexity index is 1300. The summed E-state index contributed by atoms with van der Waals surface area (Å²) in [6.07, 6.45) is 2.36. The first-order valence-corrected chi connectivity index (χ1v) is 9.98. The van der Waals surface area contributed by atoms with Crippen LogP contribution in [0.1, 0.15) is 36.0 Å². The van der Waals surface area contributed by atoms with Crippen molar-refractivity contribution in [3.8, 4) is 5.69 Å². The van der Waals surface area contributed by atoms with E-state index in [1.54, 1.807) is 13.1 Å². The number of aromatic nitrogens is 2. The minimum atomic E-state index is -4.56. The zero-order valence-corrected chi connectivity index (χ0v) is 16.7. The van der Waals surface area contributed by atoms with Gasteiger partial charge in [0.2, 0.25) is 5.22 Å². The monoisotopic (exact) mass is 428 g/mol. The number of hydrogen-bond donors (Lipinski definition) is 0. The first kappa shape index (κ1) is 19.5. The first-order chi connectivity index (χ1) is 14.8. The van der Waals surface area contributed by atoms with E-state index < -0.39 is 17.4 Å². The molecule has 7 nitrogen and oxygen atoms in total. The Labute approximate surface area is 175 Å². The summed E-state index contributed by atoms with van der Waals surface area (Å²) in [5.74, 6) is 1.09. The summed E-state index contributed by atoms with van der Waals surface area (Å²) in [5, 5.41) is 7.54. The summed E-state index contributed by atoms with van der Waals surface area (Å²) in [6.45, 7) is 0. The predicted molar refractivity (Wildman–Crippen MR) is 106 cm³/mol. The number of alkyl halides is 3. The van der Waals surface area contributed by atoms with Gasteiger partial charge in [-0.05, 0) is 48.2 Å². The molecule has 0 atom stereocenters. The number of pyridine rings is 1. The van der Waals surface area contributed by atoms with Gasteiger partial charge in [-0.3, -0.25) is 8.97 Å². The van der Waals surface area contributed by atoms with Crippen molar-refractivity contribution in [2.45, 2.75) is 31.9 Å². The molecule has 1 radical (unpaired) electrons. The zero-order chi connectivity index (χ0) is 21.8. The Balaban J connectivity index is 1.68. The quantitative estimate of drug-likeness (QED) is 0.584. The molecule has 0 N–H and O–H groups in total. The maximum atomic E-state index is 13.5. The van der Waals surface area contributed by atoms with E-state index in [0.29, 0.717) is 23.0 Å². The van der Waals surface area contributed by atoms with Crippen LogP contribution in [-0.2, 0) is 12.6 Å². The van der Waals surface area contributed by atoms with Crippen molar-refractivity contribution < 1.29 is 17.9 Å². The highest BCUT2D eigenvalue weighted by molar-refractivity contribution is 5.95. The van der Waals surface area contributed by atoms with Crippen LogP contribution >= 0.6 is 0 Å². The van der Waals surface area contributed by atoms with Gasteiger partial charge in [-0.25, -0.2) is 4.79 Å². The number of amidine groups is 1. The van der Waals surface area contributed by atoms with Crippen LogP contribution in [0.3, 0.4) is 0 Å². The van der Waals surface area contributed by atoms with E-state index in [9.17, 15) is 18.0 Å². The number of benzene rings is 1. The van der Waals surface area contributed by atoms with Crippen LogP contribution < -0.4 is 11.1 Å². The summed E-state index contributed by atoms with van der Waals surface area (Å²) < 4.78 is 44.2. The predicted octanol–water partition coefficient (Wildman–Crippen LogP) is 3.74. The summed E-state index contributed by atoms with van der Waals surface area (Å²) in [6, 6.07) is 7.77. The summed E-state index contributed by atoms with van der Waals surface area (Å²) >= 11 is 0. The molecule has 0 bridgehead atoms. The molecule has 3 heterocycles. The summed E-state index contributed by atoms with van der Waals surface area (Å²) in [4.78, 5) is 13.0. The fourth-order valence-electron chi connectivity index (χ4n) is 4.10. The number of hydrogen-bond acceptors (Lipinski definition) is 3. The van der Waals surface area contributed by atoms with E-state index in [-0.39, 0.29) is 5.52 Å². The smallest absolute Gasteiger partial charge is 0.267 e. The van der Waals surface area contributed by atoms with Gasteiger partial charge in [-0.2, -0.15) is 13.2 Å². The Morgan fingerprint density at radius 3 is 2.68 bits per heavy atom. The lowest BCUT2D eigenvalue weighted by atomic mass is 9.80.